The summed E-state index contributed by atoms with van der Waals surface area (Å²) in [4.78, 5) is 6.42. The Kier molecular flexibility index (Phi) is 9.62. The summed E-state index contributed by atoms with van der Waals surface area (Å²) in [7, 11) is 0. The molecule has 0 spiro atoms. The lowest BCUT2D eigenvalue weighted by molar-refractivity contribution is 0.369. The average molecular weight is 438 g/mol. The third kappa shape index (κ3) is 7.71. The van der Waals surface area contributed by atoms with Crippen LogP contribution in [-0.4, -0.2) is 28.2 Å². The normalized spacial score (nSPS) is 12.9. The Hall–Kier alpha value is -1.75. The molecule has 2 nitrogen and oxygen atoms in total. The van der Waals surface area contributed by atoms with Gasteiger partial charge in [-0.2, -0.15) is 0 Å². The lowest BCUT2D eigenvalue weighted by Crippen LogP contribution is -2.41. The van der Waals surface area contributed by atoms with E-state index in [1.165, 1.54) is 6.92 Å². The van der Waals surface area contributed by atoms with Crippen molar-refractivity contribution >= 4 is 52.4 Å². The first-order chi connectivity index (χ1) is 13.5. The van der Waals surface area contributed by atoms with E-state index in [1.807, 2.05) is 54.6 Å². The Bertz CT molecular complexity index is 794. The Balaban J connectivity index is 0.000000485. The van der Waals surface area contributed by atoms with Gasteiger partial charge in [0.25, 0.3) is 0 Å². The summed E-state index contributed by atoms with van der Waals surface area (Å²) >= 11 is 18.2. The number of imidazole rings is 1. The average Bonchev–Trinajstić information content (AvgIpc) is 3.25. The zero-order valence-corrected chi connectivity index (χ0v) is 17.7. The largest absolute Gasteiger partial charge is 0.351 e. The molecular formula is C21H21BCl3FN2. The molecule has 0 saturated heterocycles. The molecule has 3 rings (SSSR count). The molecule has 0 amide bonds. The maximum absolute atomic E-state index is 13.2. The summed E-state index contributed by atoms with van der Waals surface area (Å²) in [5.41, 5.74) is 2.17. The van der Waals surface area contributed by atoms with E-state index in [2.05, 4.69) is 9.97 Å². The number of nitrogens with zero attached hydrogens (tertiary/aromatic N) is 1. The van der Waals surface area contributed by atoms with Gasteiger partial charge < -0.3 is 4.98 Å². The van der Waals surface area contributed by atoms with Crippen LogP contribution in [0.3, 0.4) is 0 Å². The van der Waals surface area contributed by atoms with E-state index in [-0.39, 0.29) is 6.71 Å². The highest BCUT2D eigenvalue weighted by molar-refractivity contribution is 6.85. The molecule has 1 heterocycles. The van der Waals surface area contributed by atoms with Crippen molar-refractivity contribution in [2.75, 3.05) is 0 Å². The first-order valence-corrected chi connectivity index (χ1v) is 10.0. The van der Waals surface area contributed by atoms with Gasteiger partial charge in [0.05, 0.1) is 11.7 Å². The highest BCUT2D eigenvalue weighted by Crippen LogP contribution is 2.12. The van der Waals surface area contributed by atoms with Crippen molar-refractivity contribution in [2.45, 2.75) is 24.8 Å². The van der Waals surface area contributed by atoms with Crippen molar-refractivity contribution < 1.29 is 4.39 Å². The molecule has 2 unspecified atom stereocenters. The van der Waals surface area contributed by atoms with Gasteiger partial charge >= 0.3 is 0 Å². The van der Waals surface area contributed by atoms with Crippen LogP contribution in [0.2, 0.25) is 16.4 Å². The molecule has 0 aliphatic rings. The number of benzene rings is 2. The number of aromatic amines is 1. The van der Waals surface area contributed by atoms with Crippen LogP contribution >= 0.6 is 34.8 Å². The number of allylic oxidation sites excluding steroid dienone is 2. The Morgan fingerprint density at radius 2 is 1.71 bits per heavy atom. The van der Waals surface area contributed by atoms with E-state index in [0.29, 0.717) is 16.4 Å². The van der Waals surface area contributed by atoms with Gasteiger partial charge in [-0.3, -0.25) is 0 Å². The van der Waals surface area contributed by atoms with E-state index >= 15 is 0 Å². The molecule has 0 aliphatic carbocycles. The van der Waals surface area contributed by atoms with Crippen LogP contribution in [0.4, 0.5) is 4.39 Å². The van der Waals surface area contributed by atoms with Crippen molar-refractivity contribution in [1.82, 2.24) is 9.97 Å². The fourth-order valence-corrected chi connectivity index (χ4v) is 3.12. The third-order valence-electron chi connectivity index (χ3n) is 4.04. The fourth-order valence-electron chi connectivity index (χ4n) is 2.62. The number of rotatable bonds is 6. The molecule has 28 heavy (non-hydrogen) atoms. The van der Waals surface area contributed by atoms with Crippen molar-refractivity contribution in [3.8, 4) is 0 Å². The number of nitrogens with one attached hydrogen (secondary N) is 1. The minimum Gasteiger partial charge on any atom is -0.351 e. The highest BCUT2D eigenvalue weighted by atomic mass is 35.5. The van der Waals surface area contributed by atoms with Crippen LogP contribution in [0.5, 0.6) is 0 Å². The topological polar surface area (TPSA) is 28.7 Å². The Morgan fingerprint density at radius 1 is 1.11 bits per heavy atom. The summed E-state index contributed by atoms with van der Waals surface area (Å²) in [5, 5.41) is 0.756. The summed E-state index contributed by atoms with van der Waals surface area (Å²) in [6.45, 7) is 1.54. The third-order valence-corrected chi connectivity index (χ3v) is 5.00. The minimum atomic E-state index is -1.08. The molecule has 1 aromatic heterocycles. The second-order valence-corrected chi connectivity index (χ2v) is 7.59. The monoisotopic (exact) mass is 436 g/mol. The molecule has 1 N–H and O–H groups in total. The lowest BCUT2D eigenvalue weighted by Gasteiger charge is -2.14. The molecule has 146 valence electrons. The Morgan fingerprint density at radius 3 is 2.11 bits per heavy atom. The maximum Gasteiger partial charge on any atom is 0.213 e. The second-order valence-electron chi connectivity index (χ2n) is 6.21. The van der Waals surface area contributed by atoms with Gasteiger partial charge in [0.1, 0.15) is 6.17 Å². The molecule has 0 aliphatic heterocycles. The van der Waals surface area contributed by atoms with Crippen LogP contribution in [0, 0.1) is 0 Å². The van der Waals surface area contributed by atoms with Gasteiger partial charge in [-0.1, -0.05) is 70.5 Å². The van der Waals surface area contributed by atoms with Gasteiger partial charge in [0, 0.05) is 22.4 Å². The van der Waals surface area contributed by atoms with Crippen molar-refractivity contribution in [2.24, 2.45) is 0 Å². The number of halogens is 4. The van der Waals surface area contributed by atoms with Crippen LogP contribution in [-0.2, 0) is 0 Å². The van der Waals surface area contributed by atoms with E-state index in [4.69, 9.17) is 34.8 Å². The van der Waals surface area contributed by atoms with Gasteiger partial charge in [0.15, 0.2) is 0 Å². The van der Waals surface area contributed by atoms with E-state index in [1.54, 1.807) is 24.8 Å². The smallest absolute Gasteiger partial charge is 0.213 e. The second kappa shape index (κ2) is 12.0. The summed E-state index contributed by atoms with van der Waals surface area (Å²) in [5.74, 6) is 0. The standard InChI is InChI=1S/C18H17BCl3F.C3H4N2/c1-13(23)18(22)9-4-10-19(14-5-2-7-16(20)11-14)15-6-3-8-17(21)12-15;1-2-5-3-4-1/h2-9,11-13,18H,10H2,1H3;1-3H,(H,4,5). The molecule has 0 saturated carbocycles. The van der Waals surface area contributed by atoms with Crippen molar-refractivity contribution in [3.63, 3.8) is 0 Å². The highest BCUT2D eigenvalue weighted by Gasteiger charge is 2.19. The van der Waals surface area contributed by atoms with Crippen molar-refractivity contribution in [3.05, 3.63) is 89.4 Å². The van der Waals surface area contributed by atoms with Gasteiger partial charge in [-0.15, -0.1) is 11.6 Å². The molecule has 7 heteroatoms. The summed E-state index contributed by atoms with van der Waals surface area (Å²) in [6.07, 6.45) is 8.31. The fraction of sp³-hybridized carbons (Fsp3) is 0.190. The van der Waals surface area contributed by atoms with Crippen LogP contribution in [0.1, 0.15) is 6.92 Å². The van der Waals surface area contributed by atoms with Gasteiger partial charge in [-0.05, 0) is 37.5 Å². The molecular weight excluding hydrogens is 416 g/mol. The van der Waals surface area contributed by atoms with E-state index < -0.39 is 11.5 Å². The zero-order valence-electron chi connectivity index (χ0n) is 15.4. The molecule has 3 aromatic rings. The Labute approximate surface area is 180 Å². The van der Waals surface area contributed by atoms with Crippen molar-refractivity contribution in [1.29, 1.82) is 0 Å². The summed E-state index contributed by atoms with van der Waals surface area (Å²) < 4.78 is 13.2. The van der Waals surface area contributed by atoms with Crippen LogP contribution < -0.4 is 10.9 Å². The van der Waals surface area contributed by atoms with E-state index in [9.17, 15) is 4.39 Å². The number of H-pyrrole nitrogens is 1. The first kappa shape index (κ1) is 22.5. The molecule has 0 radical (unpaired) electrons. The first-order valence-electron chi connectivity index (χ1n) is 8.86. The number of aromatic nitrogens is 2. The van der Waals surface area contributed by atoms with E-state index in [0.717, 1.165) is 10.9 Å². The predicted octanol–water partition coefficient (Wildman–Crippen LogP) is 5.53. The number of hydrogen-bond acceptors (Lipinski definition) is 1. The number of alkyl halides is 2. The molecule has 2 aromatic carbocycles. The quantitative estimate of drug-likeness (QED) is 0.306. The van der Waals surface area contributed by atoms with Gasteiger partial charge in [-0.25, -0.2) is 9.37 Å². The SMILES string of the molecule is CC(F)C(Cl)C=CCB(c1cccc(Cl)c1)c1cccc(Cl)c1.c1c[nH]cn1. The van der Waals surface area contributed by atoms with Crippen LogP contribution in [0.25, 0.3) is 0 Å². The van der Waals surface area contributed by atoms with Crippen LogP contribution in [0.15, 0.2) is 79.4 Å². The molecule has 2 atom stereocenters. The van der Waals surface area contributed by atoms with Gasteiger partial charge in [0.2, 0.25) is 6.71 Å². The molecule has 0 fully saturated rings. The predicted molar refractivity (Wildman–Crippen MR) is 121 cm³/mol. The maximum atomic E-state index is 13.2. The zero-order chi connectivity index (χ0) is 20.4. The molecule has 0 bridgehead atoms. The summed E-state index contributed by atoms with van der Waals surface area (Å²) in [6, 6.07) is 15.5. The minimum absolute atomic E-state index is 0.0856. The lowest BCUT2D eigenvalue weighted by atomic mass is 9.38. The number of hydrogen-bond donors (Lipinski definition) is 1.